The van der Waals surface area contributed by atoms with Gasteiger partial charge in [0.05, 0.1) is 12.1 Å². The van der Waals surface area contributed by atoms with Gasteiger partial charge in [-0.15, -0.1) is 0 Å². The van der Waals surface area contributed by atoms with E-state index in [0.717, 1.165) is 25.7 Å². The van der Waals surface area contributed by atoms with E-state index in [1.165, 1.54) is 0 Å². The second kappa shape index (κ2) is 4.30. The number of carboxylic acid groups (broad SMARTS) is 1. The number of amides is 1. The van der Waals surface area contributed by atoms with Gasteiger partial charge >= 0.3 is 6.09 Å². The standard InChI is InChI=1S/C8H15NO3/c1-12-7-5-3-2-4-6(7)9-8(10)11/h6-7,9H,2-5H2,1H3,(H,10,11)/t6-,7+/m0/s1. The fourth-order valence-corrected chi connectivity index (χ4v) is 1.70. The maximum absolute atomic E-state index is 10.4. The topological polar surface area (TPSA) is 58.6 Å². The lowest BCUT2D eigenvalue weighted by atomic mass is 9.92. The van der Waals surface area contributed by atoms with Crippen LogP contribution in [-0.4, -0.2) is 30.5 Å². The molecule has 0 saturated heterocycles. The fraction of sp³-hybridized carbons (Fsp3) is 0.875. The number of methoxy groups -OCH3 is 1. The van der Waals surface area contributed by atoms with Crippen LogP contribution in [0.5, 0.6) is 0 Å². The highest BCUT2D eigenvalue weighted by Gasteiger charge is 2.25. The lowest BCUT2D eigenvalue weighted by Crippen LogP contribution is -2.45. The smallest absolute Gasteiger partial charge is 0.404 e. The van der Waals surface area contributed by atoms with Crippen LogP contribution in [0.15, 0.2) is 0 Å². The van der Waals surface area contributed by atoms with Gasteiger partial charge in [-0.3, -0.25) is 0 Å². The van der Waals surface area contributed by atoms with Crippen molar-refractivity contribution >= 4 is 6.09 Å². The molecule has 2 atom stereocenters. The van der Waals surface area contributed by atoms with Gasteiger partial charge < -0.3 is 15.2 Å². The molecule has 2 N–H and O–H groups in total. The number of hydrogen-bond acceptors (Lipinski definition) is 2. The zero-order chi connectivity index (χ0) is 8.97. The summed E-state index contributed by atoms with van der Waals surface area (Å²) < 4.78 is 5.18. The minimum atomic E-state index is -0.955. The highest BCUT2D eigenvalue weighted by Crippen LogP contribution is 2.20. The van der Waals surface area contributed by atoms with Crippen molar-refractivity contribution < 1.29 is 14.6 Å². The van der Waals surface area contributed by atoms with Gasteiger partial charge in [0.25, 0.3) is 0 Å². The first-order valence-corrected chi connectivity index (χ1v) is 4.26. The van der Waals surface area contributed by atoms with Gasteiger partial charge in [-0.1, -0.05) is 12.8 Å². The zero-order valence-corrected chi connectivity index (χ0v) is 7.25. The largest absolute Gasteiger partial charge is 0.465 e. The third kappa shape index (κ3) is 2.37. The second-order valence-corrected chi connectivity index (χ2v) is 3.11. The molecule has 1 aliphatic carbocycles. The Labute approximate surface area is 71.9 Å². The normalized spacial score (nSPS) is 29.8. The molecular weight excluding hydrogens is 158 g/mol. The Morgan fingerprint density at radius 3 is 2.75 bits per heavy atom. The monoisotopic (exact) mass is 173 g/mol. The highest BCUT2D eigenvalue weighted by molar-refractivity contribution is 5.64. The summed E-state index contributed by atoms with van der Waals surface area (Å²) in [5.41, 5.74) is 0. The number of hydrogen-bond donors (Lipinski definition) is 2. The van der Waals surface area contributed by atoms with Crippen LogP contribution < -0.4 is 5.32 Å². The predicted molar refractivity (Wildman–Crippen MR) is 44.2 cm³/mol. The third-order valence-electron chi connectivity index (χ3n) is 2.31. The van der Waals surface area contributed by atoms with E-state index in [1.54, 1.807) is 7.11 Å². The van der Waals surface area contributed by atoms with E-state index in [0.29, 0.717) is 0 Å². The van der Waals surface area contributed by atoms with Gasteiger partial charge in [-0.2, -0.15) is 0 Å². The molecule has 4 heteroatoms. The molecule has 0 aromatic rings. The first-order valence-electron chi connectivity index (χ1n) is 4.26. The summed E-state index contributed by atoms with van der Waals surface area (Å²) in [6.07, 6.45) is 3.19. The summed E-state index contributed by atoms with van der Waals surface area (Å²) in [4.78, 5) is 10.4. The molecule has 1 fully saturated rings. The number of rotatable bonds is 2. The van der Waals surface area contributed by atoms with Gasteiger partial charge in [0, 0.05) is 7.11 Å². The molecule has 0 unspecified atom stereocenters. The molecule has 1 amide bonds. The molecule has 70 valence electrons. The van der Waals surface area contributed by atoms with Crippen LogP contribution in [-0.2, 0) is 4.74 Å². The first-order chi connectivity index (χ1) is 5.74. The predicted octanol–water partition coefficient (Wildman–Crippen LogP) is 1.21. The molecule has 1 aliphatic rings. The van der Waals surface area contributed by atoms with Crippen LogP contribution in [0.4, 0.5) is 4.79 Å². The van der Waals surface area contributed by atoms with E-state index in [-0.39, 0.29) is 12.1 Å². The van der Waals surface area contributed by atoms with Crippen molar-refractivity contribution in [1.82, 2.24) is 5.32 Å². The molecule has 0 heterocycles. The molecule has 0 bridgehead atoms. The van der Waals surface area contributed by atoms with Crippen molar-refractivity contribution in [2.24, 2.45) is 0 Å². The second-order valence-electron chi connectivity index (χ2n) is 3.11. The SMILES string of the molecule is CO[C@@H]1CCCC[C@@H]1NC(=O)O. The summed E-state index contributed by atoms with van der Waals surface area (Å²) in [6.45, 7) is 0. The average molecular weight is 173 g/mol. The van der Waals surface area contributed by atoms with Crippen molar-refractivity contribution in [1.29, 1.82) is 0 Å². The number of nitrogens with one attached hydrogen (secondary N) is 1. The third-order valence-corrected chi connectivity index (χ3v) is 2.31. The zero-order valence-electron chi connectivity index (χ0n) is 7.25. The van der Waals surface area contributed by atoms with Gasteiger partial charge in [-0.05, 0) is 12.8 Å². The quantitative estimate of drug-likeness (QED) is 0.660. The summed E-state index contributed by atoms with van der Waals surface area (Å²) in [6, 6.07) is -0.0127. The van der Waals surface area contributed by atoms with E-state index in [2.05, 4.69) is 5.32 Å². The number of carbonyl (C=O) groups is 1. The van der Waals surface area contributed by atoms with E-state index < -0.39 is 6.09 Å². The fourth-order valence-electron chi connectivity index (χ4n) is 1.70. The molecule has 1 saturated carbocycles. The lowest BCUT2D eigenvalue weighted by molar-refractivity contribution is 0.0421. The van der Waals surface area contributed by atoms with E-state index in [1.807, 2.05) is 0 Å². The summed E-state index contributed by atoms with van der Waals surface area (Å²) >= 11 is 0. The Kier molecular flexibility index (Phi) is 3.34. The van der Waals surface area contributed by atoms with E-state index >= 15 is 0 Å². The molecule has 0 aliphatic heterocycles. The van der Waals surface area contributed by atoms with Crippen molar-refractivity contribution in [3.05, 3.63) is 0 Å². The van der Waals surface area contributed by atoms with Crippen molar-refractivity contribution in [3.8, 4) is 0 Å². The Morgan fingerprint density at radius 1 is 1.50 bits per heavy atom. The Hall–Kier alpha value is -0.770. The van der Waals surface area contributed by atoms with Crippen molar-refractivity contribution in [2.75, 3.05) is 7.11 Å². The van der Waals surface area contributed by atoms with Gasteiger partial charge in [0.15, 0.2) is 0 Å². The Morgan fingerprint density at radius 2 is 2.17 bits per heavy atom. The maximum atomic E-state index is 10.4. The van der Waals surface area contributed by atoms with Gasteiger partial charge in [-0.25, -0.2) is 4.79 Å². The van der Waals surface area contributed by atoms with Crippen LogP contribution >= 0.6 is 0 Å². The van der Waals surface area contributed by atoms with Crippen molar-refractivity contribution in [2.45, 2.75) is 37.8 Å². The minimum Gasteiger partial charge on any atom is -0.465 e. The molecule has 12 heavy (non-hydrogen) atoms. The van der Waals surface area contributed by atoms with Crippen LogP contribution in [0.3, 0.4) is 0 Å². The average Bonchev–Trinajstić information content (AvgIpc) is 2.04. The Bertz CT molecular complexity index is 160. The maximum Gasteiger partial charge on any atom is 0.404 e. The number of ether oxygens (including phenoxy) is 1. The minimum absolute atomic E-state index is 0.0127. The molecule has 0 radical (unpaired) electrons. The molecule has 0 aromatic carbocycles. The van der Waals surface area contributed by atoms with Crippen LogP contribution in [0.2, 0.25) is 0 Å². The van der Waals surface area contributed by atoms with E-state index in [4.69, 9.17) is 9.84 Å². The van der Waals surface area contributed by atoms with Crippen LogP contribution in [0.25, 0.3) is 0 Å². The lowest BCUT2D eigenvalue weighted by Gasteiger charge is -2.29. The summed E-state index contributed by atoms with van der Waals surface area (Å²) in [5, 5.41) is 11.0. The van der Waals surface area contributed by atoms with Crippen LogP contribution in [0.1, 0.15) is 25.7 Å². The molecule has 1 rings (SSSR count). The van der Waals surface area contributed by atoms with Crippen LogP contribution in [0, 0.1) is 0 Å². The molecule has 0 spiro atoms. The summed E-state index contributed by atoms with van der Waals surface area (Å²) in [7, 11) is 1.63. The molecule has 4 nitrogen and oxygen atoms in total. The van der Waals surface area contributed by atoms with Crippen molar-refractivity contribution in [3.63, 3.8) is 0 Å². The first kappa shape index (κ1) is 9.32. The molecular formula is C8H15NO3. The van der Waals surface area contributed by atoms with E-state index in [9.17, 15) is 4.79 Å². The van der Waals surface area contributed by atoms with Gasteiger partial charge in [0.2, 0.25) is 0 Å². The summed E-state index contributed by atoms with van der Waals surface area (Å²) in [5.74, 6) is 0. The Balaban J connectivity index is 2.41. The molecule has 0 aromatic heterocycles. The highest BCUT2D eigenvalue weighted by atomic mass is 16.5. The van der Waals surface area contributed by atoms with Gasteiger partial charge in [0.1, 0.15) is 0 Å².